The number of amides is 1. The summed E-state index contributed by atoms with van der Waals surface area (Å²) in [4.78, 5) is 26.2. The van der Waals surface area contributed by atoms with Crippen LogP contribution in [-0.4, -0.2) is 22.0 Å². The third-order valence-corrected chi connectivity index (χ3v) is 2.96. The zero-order valence-corrected chi connectivity index (χ0v) is 11.0. The lowest BCUT2D eigenvalue weighted by Crippen LogP contribution is -2.09. The van der Waals surface area contributed by atoms with Crippen LogP contribution in [-0.2, 0) is 4.79 Å². The van der Waals surface area contributed by atoms with Crippen molar-refractivity contribution in [3.05, 3.63) is 34.4 Å². The molecule has 0 radical (unpaired) electrons. The maximum absolute atomic E-state index is 11.1. The second-order valence-electron chi connectivity index (χ2n) is 3.68. The van der Waals surface area contributed by atoms with Crippen LogP contribution in [0, 0.1) is 0 Å². The van der Waals surface area contributed by atoms with Gasteiger partial charge in [0.05, 0.1) is 11.2 Å². The molecule has 0 saturated carbocycles. The minimum atomic E-state index is -1.14. The molecule has 1 heterocycles. The molecule has 0 atom stereocenters. The van der Waals surface area contributed by atoms with Crippen molar-refractivity contribution in [2.45, 2.75) is 6.92 Å². The highest BCUT2D eigenvalue weighted by Crippen LogP contribution is 2.28. The van der Waals surface area contributed by atoms with Crippen LogP contribution in [0.4, 0.5) is 5.69 Å². The number of halogens is 1. The van der Waals surface area contributed by atoms with Crippen LogP contribution in [0.5, 0.6) is 0 Å². The predicted molar refractivity (Wildman–Crippen MR) is 70.7 cm³/mol. The van der Waals surface area contributed by atoms with Gasteiger partial charge in [0.15, 0.2) is 5.69 Å². The SMILES string of the molecule is CC(=O)Nc1cc(C(=O)O)nc2c(Br)cccc12. The smallest absolute Gasteiger partial charge is 0.354 e. The lowest BCUT2D eigenvalue weighted by Gasteiger charge is -2.09. The molecule has 0 fully saturated rings. The molecule has 0 spiro atoms. The number of rotatable bonds is 2. The highest BCUT2D eigenvalue weighted by Gasteiger charge is 2.13. The Morgan fingerprint density at radius 2 is 2.11 bits per heavy atom. The topological polar surface area (TPSA) is 79.3 Å². The van der Waals surface area contributed by atoms with E-state index in [0.717, 1.165) is 0 Å². The largest absolute Gasteiger partial charge is 0.477 e. The van der Waals surface area contributed by atoms with Crippen molar-refractivity contribution in [3.8, 4) is 0 Å². The molecular weight excluding hydrogens is 300 g/mol. The summed E-state index contributed by atoms with van der Waals surface area (Å²) in [6.45, 7) is 1.37. The summed E-state index contributed by atoms with van der Waals surface area (Å²) < 4.78 is 0.676. The van der Waals surface area contributed by atoms with E-state index in [2.05, 4.69) is 26.2 Å². The van der Waals surface area contributed by atoms with Gasteiger partial charge in [-0.25, -0.2) is 9.78 Å². The van der Waals surface area contributed by atoms with Gasteiger partial charge in [-0.05, 0) is 28.1 Å². The molecule has 2 N–H and O–H groups in total. The van der Waals surface area contributed by atoms with E-state index >= 15 is 0 Å². The molecule has 5 nitrogen and oxygen atoms in total. The van der Waals surface area contributed by atoms with Crippen molar-refractivity contribution in [2.75, 3.05) is 5.32 Å². The average molecular weight is 309 g/mol. The van der Waals surface area contributed by atoms with E-state index < -0.39 is 5.97 Å². The first-order valence-electron chi connectivity index (χ1n) is 5.09. The van der Waals surface area contributed by atoms with Gasteiger partial charge < -0.3 is 10.4 Å². The van der Waals surface area contributed by atoms with Crippen LogP contribution >= 0.6 is 15.9 Å². The lowest BCUT2D eigenvalue weighted by atomic mass is 10.1. The van der Waals surface area contributed by atoms with E-state index in [0.29, 0.717) is 21.1 Å². The third kappa shape index (κ3) is 2.33. The standard InChI is InChI=1S/C12H9BrN2O3/c1-6(16)14-9-5-10(12(17)18)15-11-7(9)3-2-4-8(11)13/h2-5H,1H3,(H,17,18)(H,14,15,16). The maximum Gasteiger partial charge on any atom is 0.354 e. The minimum Gasteiger partial charge on any atom is -0.477 e. The summed E-state index contributed by atoms with van der Waals surface area (Å²) in [5.41, 5.74) is 0.825. The number of carboxylic acids is 1. The van der Waals surface area contributed by atoms with Crippen molar-refractivity contribution in [3.63, 3.8) is 0 Å². The van der Waals surface area contributed by atoms with E-state index in [9.17, 15) is 9.59 Å². The normalized spacial score (nSPS) is 10.3. The molecule has 1 amide bonds. The molecule has 0 aliphatic rings. The Kier molecular flexibility index (Phi) is 3.29. The number of benzene rings is 1. The number of fused-ring (bicyclic) bond motifs is 1. The number of aromatic nitrogens is 1. The molecule has 0 saturated heterocycles. The summed E-state index contributed by atoms with van der Waals surface area (Å²) in [6.07, 6.45) is 0. The van der Waals surface area contributed by atoms with Gasteiger partial charge in [-0.2, -0.15) is 0 Å². The van der Waals surface area contributed by atoms with E-state index in [1.165, 1.54) is 13.0 Å². The summed E-state index contributed by atoms with van der Waals surface area (Å²) in [7, 11) is 0. The van der Waals surface area contributed by atoms with Crippen LogP contribution in [0.25, 0.3) is 10.9 Å². The molecule has 18 heavy (non-hydrogen) atoms. The maximum atomic E-state index is 11.1. The van der Waals surface area contributed by atoms with Crippen LogP contribution < -0.4 is 5.32 Å². The second kappa shape index (κ2) is 4.73. The van der Waals surface area contributed by atoms with Gasteiger partial charge in [0.2, 0.25) is 5.91 Å². The Bertz CT molecular complexity index is 655. The third-order valence-electron chi connectivity index (χ3n) is 2.32. The lowest BCUT2D eigenvalue weighted by molar-refractivity contribution is -0.114. The summed E-state index contributed by atoms with van der Waals surface area (Å²) >= 11 is 3.31. The summed E-state index contributed by atoms with van der Waals surface area (Å²) in [5.74, 6) is -1.40. The number of hydrogen-bond donors (Lipinski definition) is 2. The molecule has 92 valence electrons. The zero-order chi connectivity index (χ0) is 13.3. The number of carbonyl (C=O) groups is 2. The van der Waals surface area contributed by atoms with Crippen molar-refractivity contribution in [1.29, 1.82) is 0 Å². The molecule has 6 heteroatoms. The summed E-state index contributed by atoms with van der Waals surface area (Å²) in [6, 6.07) is 6.67. The van der Waals surface area contributed by atoms with E-state index in [1.54, 1.807) is 18.2 Å². The van der Waals surface area contributed by atoms with E-state index in [1.807, 2.05) is 0 Å². The molecular formula is C12H9BrN2O3. The van der Waals surface area contributed by atoms with Gasteiger partial charge in [-0.1, -0.05) is 12.1 Å². The van der Waals surface area contributed by atoms with Crippen LogP contribution in [0.1, 0.15) is 17.4 Å². The monoisotopic (exact) mass is 308 g/mol. The van der Waals surface area contributed by atoms with Gasteiger partial charge in [0, 0.05) is 16.8 Å². The first kappa shape index (κ1) is 12.5. The Morgan fingerprint density at radius 3 is 2.72 bits per heavy atom. The number of carboxylic acid groups (broad SMARTS) is 1. The Labute approximate surface area is 111 Å². The van der Waals surface area contributed by atoms with Crippen molar-refractivity contribution in [2.24, 2.45) is 0 Å². The van der Waals surface area contributed by atoms with Gasteiger partial charge in [0.25, 0.3) is 0 Å². The highest BCUT2D eigenvalue weighted by molar-refractivity contribution is 9.10. The number of para-hydroxylation sites is 1. The molecule has 1 aromatic heterocycles. The molecule has 1 aromatic carbocycles. The second-order valence-corrected chi connectivity index (χ2v) is 4.53. The fraction of sp³-hybridized carbons (Fsp3) is 0.0833. The number of carbonyl (C=O) groups excluding carboxylic acids is 1. The highest BCUT2D eigenvalue weighted by atomic mass is 79.9. The predicted octanol–water partition coefficient (Wildman–Crippen LogP) is 2.65. The minimum absolute atomic E-state index is 0.113. The van der Waals surface area contributed by atoms with E-state index in [-0.39, 0.29) is 11.6 Å². The average Bonchev–Trinajstić information content (AvgIpc) is 2.29. The molecule has 0 aliphatic carbocycles. The van der Waals surface area contributed by atoms with Crippen LogP contribution in [0.2, 0.25) is 0 Å². The number of pyridine rings is 1. The molecule has 2 rings (SSSR count). The molecule has 0 aliphatic heterocycles. The zero-order valence-electron chi connectivity index (χ0n) is 9.40. The Morgan fingerprint density at radius 1 is 1.39 bits per heavy atom. The van der Waals surface area contributed by atoms with Crippen molar-refractivity contribution < 1.29 is 14.7 Å². The Balaban J connectivity index is 2.76. The number of aromatic carboxylic acids is 1. The van der Waals surface area contributed by atoms with Gasteiger partial charge in [-0.15, -0.1) is 0 Å². The molecule has 2 aromatic rings. The number of anilines is 1. The first-order chi connectivity index (χ1) is 8.49. The molecule has 0 bridgehead atoms. The number of hydrogen-bond acceptors (Lipinski definition) is 3. The van der Waals surface area contributed by atoms with Crippen molar-refractivity contribution in [1.82, 2.24) is 4.98 Å². The number of nitrogens with one attached hydrogen (secondary N) is 1. The molecule has 0 unspecified atom stereocenters. The summed E-state index contributed by atoms with van der Waals surface area (Å²) in [5, 5.41) is 12.3. The number of nitrogens with zero attached hydrogens (tertiary/aromatic N) is 1. The van der Waals surface area contributed by atoms with Gasteiger partial charge in [0.1, 0.15) is 0 Å². The van der Waals surface area contributed by atoms with Gasteiger partial charge in [-0.3, -0.25) is 4.79 Å². The van der Waals surface area contributed by atoms with Gasteiger partial charge >= 0.3 is 5.97 Å². The Hall–Kier alpha value is -1.95. The van der Waals surface area contributed by atoms with Crippen molar-refractivity contribution >= 4 is 44.4 Å². The fourth-order valence-electron chi connectivity index (χ4n) is 1.62. The quantitative estimate of drug-likeness (QED) is 0.894. The fourth-order valence-corrected chi connectivity index (χ4v) is 2.07. The van der Waals surface area contributed by atoms with E-state index in [4.69, 9.17) is 5.11 Å². The first-order valence-corrected chi connectivity index (χ1v) is 5.88. The van der Waals surface area contributed by atoms with Crippen LogP contribution in [0.3, 0.4) is 0 Å². The van der Waals surface area contributed by atoms with Crippen LogP contribution in [0.15, 0.2) is 28.7 Å².